The number of anilines is 1. The van der Waals surface area contributed by atoms with Crippen LogP contribution in [0.1, 0.15) is 50.8 Å². The summed E-state index contributed by atoms with van der Waals surface area (Å²) < 4.78 is 0. The Morgan fingerprint density at radius 1 is 1.40 bits per heavy atom. The minimum atomic E-state index is -0.829. The van der Waals surface area contributed by atoms with E-state index in [2.05, 4.69) is 26.8 Å². The summed E-state index contributed by atoms with van der Waals surface area (Å²) in [6.45, 7) is 6.88. The van der Waals surface area contributed by atoms with Crippen LogP contribution in [0.15, 0.2) is 18.2 Å². The number of amides is 1. The van der Waals surface area contributed by atoms with Gasteiger partial charge in [0.15, 0.2) is 0 Å². The van der Waals surface area contributed by atoms with Crippen LogP contribution in [0.2, 0.25) is 0 Å². The van der Waals surface area contributed by atoms with Gasteiger partial charge in [0.1, 0.15) is 0 Å². The molecule has 20 heavy (non-hydrogen) atoms. The minimum absolute atomic E-state index is 0.0448. The second kappa shape index (κ2) is 3.90. The van der Waals surface area contributed by atoms with Crippen LogP contribution >= 0.6 is 0 Å². The Bertz CT molecular complexity index is 570. The smallest absolute Gasteiger partial charge is 0.407 e. The van der Waals surface area contributed by atoms with Gasteiger partial charge in [0, 0.05) is 17.6 Å². The number of fused-ring (bicyclic) bond motifs is 2. The van der Waals surface area contributed by atoms with Gasteiger partial charge in [-0.05, 0) is 41.5 Å². The fourth-order valence-corrected chi connectivity index (χ4v) is 3.65. The van der Waals surface area contributed by atoms with E-state index in [1.807, 2.05) is 12.1 Å². The average molecular weight is 274 g/mol. The number of hydrogen-bond acceptors (Lipinski definition) is 2. The molecule has 1 fully saturated rings. The topological polar surface area (TPSA) is 66.6 Å². The van der Waals surface area contributed by atoms with Gasteiger partial charge in [0.25, 0.3) is 0 Å². The Balaban J connectivity index is 2.20. The average Bonchev–Trinajstić information content (AvgIpc) is 3.06. The molecule has 3 N–H and O–H groups in total. The van der Waals surface area contributed by atoms with Crippen LogP contribution in [-0.4, -0.2) is 22.6 Å². The summed E-state index contributed by atoms with van der Waals surface area (Å²) in [5.74, 6) is 0. The van der Waals surface area contributed by atoms with E-state index in [4.69, 9.17) is 5.73 Å². The molecule has 1 aliphatic heterocycles. The molecular weight excluding hydrogens is 252 g/mol. The normalized spacial score (nSPS) is 23.6. The monoisotopic (exact) mass is 274 g/mol. The van der Waals surface area contributed by atoms with Crippen molar-refractivity contribution in [2.24, 2.45) is 5.41 Å². The molecule has 1 aliphatic carbocycles. The number of hydrogen-bond donors (Lipinski definition) is 2. The lowest BCUT2D eigenvalue weighted by Crippen LogP contribution is -2.48. The molecule has 4 heteroatoms. The number of nitrogens with two attached hydrogens (primary N) is 1. The molecule has 0 bridgehead atoms. The van der Waals surface area contributed by atoms with Crippen LogP contribution in [0.3, 0.4) is 0 Å². The molecule has 1 aromatic carbocycles. The van der Waals surface area contributed by atoms with Crippen molar-refractivity contribution in [1.82, 2.24) is 4.90 Å². The van der Waals surface area contributed by atoms with Crippen molar-refractivity contribution in [3.8, 4) is 0 Å². The van der Waals surface area contributed by atoms with Gasteiger partial charge in [-0.1, -0.05) is 26.8 Å². The van der Waals surface area contributed by atoms with Crippen LogP contribution in [0.5, 0.6) is 0 Å². The number of carboxylic acid groups (broad SMARTS) is 1. The van der Waals surface area contributed by atoms with Crippen LogP contribution in [0.25, 0.3) is 0 Å². The number of benzene rings is 1. The van der Waals surface area contributed by atoms with E-state index in [1.54, 1.807) is 4.90 Å². The van der Waals surface area contributed by atoms with Gasteiger partial charge in [0.2, 0.25) is 0 Å². The van der Waals surface area contributed by atoms with Gasteiger partial charge >= 0.3 is 6.09 Å². The molecule has 1 spiro atoms. The van der Waals surface area contributed by atoms with Crippen LogP contribution in [-0.2, 0) is 5.41 Å². The lowest BCUT2D eigenvalue weighted by molar-refractivity contribution is 0.0661. The number of nitrogens with zero attached hydrogens (tertiary/aromatic N) is 1. The molecule has 1 heterocycles. The predicted molar refractivity (Wildman–Crippen MR) is 78.7 cm³/mol. The zero-order valence-electron chi connectivity index (χ0n) is 12.3. The maximum Gasteiger partial charge on any atom is 0.407 e. The zero-order valence-corrected chi connectivity index (χ0v) is 12.3. The van der Waals surface area contributed by atoms with E-state index >= 15 is 0 Å². The van der Waals surface area contributed by atoms with E-state index in [9.17, 15) is 9.90 Å². The highest BCUT2D eigenvalue weighted by atomic mass is 16.4. The van der Waals surface area contributed by atoms with Crippen LogP contribution in [0, 0.1) is 5.41 Å². The van der Waals surface area contributed by atoms with E-state index in [0.29, 0.717) is 12.2 Å². The quantitative estimate of drug-likeness (QED) is 0.713. The van der Waals surface area contributed by atoms with Gasteiger partial charge in [0.05, 0.1) is 6.04 Å². The lowest BCUT2D eigenvalue weighted by atomic mass is 9.73. The van der Waals surface area contributed by atoms with Gasteiger partial charge in [-0.3, -0.25) is 4.90 Å². The van der Waals surface area contributed by atoms with E-state index < -0.39 is 6.09 Å². The minimum Gasteiger partial charge on any atom is -0.465 e. The summed E-state index contributed by atoms with van der Waals surface area (Å²) in [5.41, 5.74) is 8.96. The second-order valence-electron chi connectivity index (χ2n) is 7.31. The molecule has 1 amide bonds. The molecule has 0 radical (unpaired) electrons. The van der Waals surface area contributed by atoms with Gasteiger partial charge < -0.3 is 10.8 Å². The highest BCUT2D eigenvalue weighted by Gasteiger charge is 2.54. The van der Waals surface area contributed by atoms with E-state index in [1.165, 1.54) is 5.56 Å². The number of nitrogen functional groups attached to an aromatic ring is 1. The van der Waals surface area contributed by atoms with Gasteiger partial charge in [-0.25, -0.2) is 4.79 Å². The first-order valence-electron chi connectivity index (χ1n) is 7.14. The largest absolute Gasteiger partial charge is 0.465 e. The maximum atomic E-state index is 11.7. The van der Waals surface area contributed by atoms with Crippen molar-refractivity contribution >= 4 is 11.8 Å². The molecule has 1 aromatic rings. The molecule has 2 aliphatic rings. The molecule has 4 nitrogen and oxygen atoms in total. The first-order valence-corrected chi connectivity index (χ1v) is 7.14. The molecule has 1 unspecified atom stereocenters. The van der Waals surface area contributed by atoms with Gasteiger partial charge in [-0.2, -0.15) is 0 Å². The Morgan fingerprint density at radius 2 is 2.05 bits per heavy atom. The first-order chi connectivity index (χ1) is 9.24. The summed E-state index contributed by atoms with van der Waals surface area (Å²) in [7, 11) is 0. The standard InChI is InChI=1S/C16H22N2O2/c1-15(2,3)13-11-8-10(17)4-5-12(11)16(6-7-16)9-18(13)14(19)20/h4-5,8,13H,6-7,9,17H2,1-3H3,(H,19,20). The van der Waals surface area contributed by atoms with Gasteiger partial charge in [-0.15, -0.1) is 0 Å². The molecule has 1 atom stereocenters. The molecule has 0 saturated heterocycles. The fraction of sp³-hybridized carbons (Fsp3) is 0.562. The summed E-state index contributed by atoms with van der Waals surface area (Å²) >= 11 is 0. The Labute approximate surface area is 119 Å². The van der Waals surface area contributed by atoms with Crippen LogP contribution in [0.4, 0.5) is 10.5 Å². The lowest BCUT2D eigenvalue weighted by Gasteiger charge is -2.46. The first kappa shape index (κ1) is 13.3. The van der Waals surface area contributed by atoms with Crippen molar-refractivity contribution in [2.75, 3.05) is 12.3 Å². The highest BCUT2D eigenvalue weighted by molar-refractivity contribution is 5.68. The number of rotatable bonds is 0. The summed E-state index contributed by atoms with van der Waals surface area (Å²) in [6.07, 6.45) is 1.32. The van der Waals surface area contributed by atoms with Crippen LogP contribution < -0.4 is 5.73 Å². The molecular formula is C16H22N2O2. The Morgan fingerprint density at radius 3 is 2.55 bits per heavy atom. The van der Waals surface area contributed by atoms with Crippen molar-refractivity contribution in [3.05, 3.63) is 29.3 Å². The highest BCUT2D eigenvalue weighted by Crippen LogP contribution is 2.57. The summed E-state index contributed by atoms with van der Waals surface area (Å²) in [5, 5.41) is 9.62. The number of carbonyl (C=O) groups is 1. The van der Waals surface area contributed by atoms with Crippen molar-refractivity contribution < 1.29 is 9.90 Å². The van der Waals surface area contributed by atoms with Crippen molar-refractivity contribution in [2.45, 2.75) is 45.1 Å². The fourth-order valence-electron chi connectivity index (χ4n) is 3.65. The Hall–Kier alpha value is -1.71. The molecule has 0 aromatic heterocycles. The Kier molecular flexibility index (Phi) is 2.59. The zero-order chi connectivity index (χ0) is 14.7. The predicted octanol–water partition coefficient (Wildman–Crippen LogP) is 3.38. The molecule has 3 rings (SSSR count). The van der Waals surface area contributed by atoms with Crippen molar-refractivity contribution in [3.63, 3.8) is 0 Å². The molecule has 108 valence electrons. The third kappa shape index (κ3) is 1.86. The molecule has 1 saturated carbocycles. The maximum absolute atomic E-state index is 11.7. The SMILES string of the molecule is CC(C)(C)C1c2cc(N)ccc2C2(CC2)CN1C(=O)O. The van der Waals surface area contributed by atoms with E-state index in [-0.39, 0.29) is 16.9 Å². The third-order valence-corrected chi connectivity index (χ3v) is 4.65. The summed E-state index contributed by atoms with van der Waals surface area (Å²) in [4.78, 5) is 13.3. The van der Waals surface area contributed by atoms with Crippen molar-refractivity contribution in [1.29, 1.82) is 0 Å². The summed E-state index contributed by atoms with van der Waals surface area (Å²) in [6, 6.07) is 5.88. The third-order valence-electron chi connectivity index (χ3n) is 4.65. The second-order valence-corrected chi connectivity index (χ2v) is 7.31. The van der Waals surface area contributed by atoms with E-state index in [0.717, 1.165) is 18.4 Å².